The van der Waals surface area contributed by atoms with Crippen LogP contribution in [0.3, 0.4) is 0 Å². The summed E-state index contributed by atoms with van der Waals surface area (Å²) in [4.78, 5) is 11.1. The maximum atomic E-state index is 11.1. The SMILES string of the molecule is CCCCC(Cl)CC(Cl)C(=O)OCC. The van der Waals surface area contributed by atoms with E-state index in [1.165, 1.54) is 0 Å². The van der Waals surface area contributed by atoms with E-state index in [-0.39, 0.29) is 11.3 Å². The van der Waals surface area contributed by atoms with Crippen molar-refractivity contribution in [2.24, 2.45) is 0 Å². The van der Waals surface area contributed by atoms with E-state index in [0.717, 1.165) is 19.3 Å². The first kappa shape index (κ1) is 14.1. The Labute approximate surface area is 95.9 Å². The van der Waals surface area contributed by atoms with Crippen LogP contribution in [0.1, 0.15) is 39.5 Å². The third kappa shape index (κ3) is 6.50. The van der Waals surface area contributed by atoms with Gasteiger partial charge in [-0.3, -0.25) is 4.79 Å². The Kier molecular flexibility index (Phi) is 8.40. The van der Waals surface area contributed by atoms with Crippen molar-refractivity contribution < 1.29 is 9.53 Å². The molecule has 2 atom stereocenters. The van der Waals surface area contributed by atoms with Gasteiger partial charge in [-0.25, -0.2) is 0 Å². The van der Waals surface area contributed by atoms with Crippen molar-refractivity contribution in [3.63, 3.8) is 0 Å². The van der Waals surface area contributed by atoms with Crippen LogP contribution in [0.15, 0.2) is 0 Å². The smallest absolute Gasteiger partial charge is 0.324 e. The van der Waals surface area contributed by atoms with Crippen LogP contribution in [-0.2, 0) is 9.53 Å². The number of carbonyl (C=O) groups is 1. The highest BCUT2D eigenvalue weighted by molar-refractivity contribution is 6.30. The Morgan fingerprint density at radius 3 is 2.50 bits per heavy atom. The second-order valence-electron chi connectivity index (χ2n) is 3.19. The Morgan fingerprint density at radius 2 is 2.00 bits per heavy atom. The van der Waals surface area contributed by atoms with E-state index in [2.05, 4.69) is 6.92 Å². The fourth-order valence-electron chi connectivity index (χ4n) is 1.10. The number of rotatable bonds is 7. The van der Waals surface area contributed by atoms with Crippen LogP contribution in [0.5, 0.6) is 0 Å². The maximum absolute atomic E-state index is 11.1. The van der Waals surface area contributed by atoms with Gasteiger partial charge in [-0.1, -0.05) is 19.8 Å². The fraction of sp³-hybridized carbons (Fsp3) is 0.900. The molecule has 4 heteroatoms. The van der Waals surface area contributed by atoms with Gasteiger partial charge in [-0.05, 0) is 19.8 Å². The molecule has 0 aliphatic rings. The normalized spacial score (nSPS) is 14.9. The number of hydrogen-bond acceptors (Lipinski definition) is 2. The summed E-state index contributed by atoms with van der Waals surface area (Å²) in [6.45, 7) is 4.23. The molecule has 0 N–H and O–H groups in total. The zero-order valence-corrected chi connectivity index (χ0v) is 10.3. The van der Waals surface area contributed by atoms with Crippen LogP contribution in [0.2, 0.25) is 0 Å². The predicted molar refractivity (Wildman–Crippen MR) is 60.1 cm³/mol. The maximum Gasteiger partial charge on any atom is 0.324 e. The summed E-state index contributed by atoms with van der Waals surface area (Å²) in [7, 11) is 0. The van der Waals surface area contributed by atoms with Crippen molar-refractivity contribution in [2.45, 2.75) is 50.3 Å². The minimum absolute atomic E-state index is 0.0261. The average Bonchev–Trinajstić information content (AvgIpc) is 2.15. The molecule has 0 spiro atoms. The molecule has 0 heterocycles. The van der Waals surface area contributed by atoms with Gasteiger partial charge in [0.1, 0.15) is 5.38 Å². The van der Waals surface area contributed by atoms with Crippen molar-refractivity contribution in [1.82, 2.24) is 0 Å². The van der Waals surface area contributed by atoms with Gasteiger partial charge < -0.3 is 4.74 Å². The van der Waals surface area contributed by atoms with Gasteiger partial charge in [0.25, 0.3) is 0 Å². The van der Waals surface area contributed by atoms with Crippen LogP contribution in [0.4, 0.5) is 0 Å². The third-order valence-corrected chi connectivity index (χ3v) is 2.63. The van der Waals surface area contributed by atoms with Gasteiger partial charge in [0, 0.05) is 5.38 Å². The van der Waals surface area contributed by atoms with Crippen LogP contribution in [0.25, 0.3) is 0 Å². The summed E-state index contributed by atoms with van der Waals surface area (Å²) in [5.74, 6) is -0.365. The number of ether oxygens (including phenoxy) is 1. The Balaban J connectivity index is 3.68. The lowest BCUT2D eigenvalue weighted by atomic mass is 10.1. The largest absolute Gasteiger partial charge is 0.465 e. The number of halogens is 2. The van der Waals surface area contributed by atoms with E-state index in [9.17, 15) is 4.79 Å². The van der Waals surface area contributed by atoms with Gasteiger partial charge in [0.15, 0.2) is 0 Å². The van der Waals surface area contributed by atoms with Crippen molar-refractivity contribution in [3.8, 4) is 0 Å². The minimum Gasteiger partial charge on any atom is -0.465 e. The van der Waals surface area contributed by atoms with Crippen LogP contribution < -0.4 is 0 Å². The van der Waals surface area contributed by atoms with E-state index >= 15 is 0 Å². The molecule has 0 aliphatic heterocycles. The lowest BCUT2D eigenvalue weighted by molar-refractivity contribution is -0.142. The number of hydrogen-bond donors (Lipinski definition) is 0. The fourth-order valence-corrected chi connectivity index (χ4v) is 1.80. The van der Waals surface area contributed by atoms with Gasteiger partial charge in [-0.2, -0.15) is 0 Å². The zero-order valence-electron chi connectivity index (χ0n) is 8.76. The van der Waals surface area contributed by atoms with Crippen molar-refractivity contribution >= 4 is 29.2 Å². The molecule has 0 rings (SSSR count). The lowest BCUT2D eigenvalue weighted by Gasteiger charge is -2.12. The summed E-state index contributed by atoms with van der Waals surface area (Å²) in [6.07, 6.45) is 3.57. The Hall–Kier alpha value is 0.0500. The number of esters is 1. The van der Waals surface area contributed by atoms with E-state index in [0.29, 0.717) is 13.0 Å². The van der Waals surface area contributed by atoms with Crippen molar-refractivity contribution in [2.75, 3.05) is 6.61 Å². The first-order valence-corrected chi connectivity index (χ1v) is 5.93. The number of alkyl halides is 2. The van der Waals surface area contributed by atoms with Crippen LogP contribution >= 0.6 is 23.2 Å². The van der Waals surface area contributed by atoms with Crippen LogP contribution in [0, 0.1) is 0 Å². The standard InChI is InChI=1S/C10H18Cl2O2/c1-3-5-6-8(11)7-9(12)10(13)14-4-2/h8-9H,3-7H2,1-2H3. The molecular formula is C10H18Cl2O2. The second kappa shape index (κ2) is 8.37. The molecule has 0 aliphatic carbocycles. The summed E-state index contributed by atoms with van der Waals surface area (Å²) in [5, 5.41) is -0.629. The second-order valence-corrected chi connectivity index (χ2v) is 4.34. The van der Waals surface area contributed by atoms with Gasteiger partial charge in [-0.15, -0.1) is 23.2 Å². The van der Waals surface area contributed by atoms with Gasteiger partial charge >= 0.3 is 5.97 Å². The highest BCUT2D eigenvalue weighted by Crippen LogP contribution is 2.17. The molecular weight excluding hydrogens is 223 g/mol. The molecule has 0 fully saturated rings. The lowest BCUT2D eigenvalue weighted by Crippen LogP contribution is -2.21. The first-order valence-electron chi connectivity index (χ1n) is 5.06. The molecule has 0 aromatic heterocycles. The Bertz CT molecular complexity index is 162. The molecule has 0 aromatic rings. The molecule has 84 valence electrons. The third-order valence-electron chi connectivity index (χ3n) is 1.88. The molecule has 0 aromatic carbocycles. The molecule has 2 nitrogen and oxygen atoms in total. The molecule has 0 amide bonds. The molecule has 0 bridgehead atoms. The minimum atomic E-state index is -0.602. The number of carbonyl (C=O) groups excluding carboxylic acids is 1. The molecule has 0 saturated carbocycles. The van der Waals surface area contributed by atoms with Crippen LogP contribution in [-0.4, -0.2) is 23.3 Å². The predicted octanol–water partition coefficient (Wildman–Crippen LogP) is 3.34. The molecule has 0 saturated heterocycles. The highest BCUT2D eigenvalue weighted by Gasteiger charge is 2.20. The van der Waals surface area contributed by atoms with E-state index in [4.69, 9.17) is 27.9 Å². The summed E-state index contributed by atoms with van der Waals surface area (Å²) < 4.78 is 4.78. The number of unbranched alkanes of at least 4 members (excludes halogenated alkanes) is 1. The Morgan fingerprint density at radius 1 is 1.36 bits per heavy atom. The first-order chi connectivity index (χ1) is 6.61. The summed E-state index contributed by atoms with van der Waals surface area (Å²) in [5.41, 5.74) is 0. The zero-order chi connectivity index (χ0) is 11.0. The molecule has 2 unspecified atom stereocenters. The van der Waals surface area contributed by atoms with E-state index in [1.807, 2.05) is 0 Å². The van der Waals surface area contributed by atoms with E-state index < -0.39 is 5.38 Å². The van der Waals surface area contributed by atoms with Gasteiger partial charge in [0.05, 0.1) is 6.61 Å². The molecule has 14 heavy (non-hydrogen) atoms. The quantitative estimate of drug-likeness (QED) is 0.504. The van der Waals surface area contributed by atoms with Crippen molar-refractivity contribution in [1.29, 1.82) is 0 Å². The molecule has 0 radical (unpaired) electrons. The average molecular weight is 241 g/mol. The summed E-state index contributed by atoms with van der Waals surface area (Å²) >= 11 is 11.8. The topological polar surface area (TPSA) is 26.3 Å². The van der Waals surface area contributed by atoms with Gasteiger partial charge in [0.2, 0.25) is 0 Å². The highest BCUT2D eigenvalue weighted by atomic mass is 35.5. The summed E-state index contributed by atoms with van der Waals surface area (Å²) in [6, 6.07) is 0. The van der Waals surface area contributed by atoms with E-state index in [1.54, 1.807) is 6.92 Å². The monoisotopic (exact) mass is 240 g/mol. The van der Waals surface area contributed by atoms with Crippen molar-refractivity contribution in [3.05, 3.63) is 0 Å².